The first-order valence-electron chi connectivity index (χ1n) is 8.37. The van der Waals surface area contributed by atoms with Crippen molar-refractivity contribution in [3.8, 4) is 17.6 Å². The zero-order chi connectivity index (χ0) is 19.3. The molecule has 0 bridgehead atoms. The van der Waals surface area contributed by atoms with Crippen LogP contribution < -0.4 is 9.47 Å². The molecule has 1 aromatic rings. The molecule has 0 radical (unpaired) electrons. The van der Waals surface area contributed by atoms with Gasteiger partial charge in [0.15, 0.2) is 11.5 Å². The number of piperidine rings is 1. The van der Waals surface area contributed by atoms with E-state index in [0.29, 0.717) is 31.5 Å². The van der Waals surface area contributed by atoms with E-state index in [1.54, 1.807) is 30.9 Å². The molecule has 0 atom stereocenters. The lowest BCUT2D eigenvalue weighted by atomic mass is 9.74. The van der Waals surface area contributed by atoms with Crippen molar-refractivity contribution in [2.75, 3.05) is 19.6 Å². The number of benzene rings is 1. The van der Waals surface area contributed by atoms with Crippen LogP contribution >= 0.6 is 0 Å². The number of hydrogen-bond acceptors (Lipinski definition) is 5. The second kappa shape index (κ2) is 8.32. The average molecular weight is 368 g/mol. The van der Waals surface area contributed by atoms with Crippen LogP contribution in [0.4, 0.5) is 8.78 Å². The van der Waals surface area contributed by atoms with Gasteiger partial charge in [0.1, 0.15) is 0 Å². The molecule has 1 fully saturated rings. The highest BCUT2D eigenvalue weighted by atomic mass is 19.3. The van der Waals surface area contributed by atoms with Gasteiger partial charge in [0, 0.05) is 13.1 Å². The van der Waals surface area contributed by atoms with E-state index in [0.717, 1.165) is 0 Å². The molecule has 0 spiro atoms. The number of rotatable bonds is 7. The fourth-order valence-corrected chi connectivity index (χ4v) is 3.09. The number of hydrogen-bond donors (Lipinski definition) is 1. The summed E-state index contributed by atoms with van der Waals surface area (Å²) in [4.78, 5) is 12.6. The monoisotopic (exact) mass is 368 g/mol. The number of likely N-dealkylation sites (tertiary alicyclic amines) is 1. The molecule has 1 aliphatic rings. The van der Waals surface area contributed by atoms with Crippen molar-refractivity contribution in [3.05, 3.63) is 23.8 Å². The smallest absolute Gasteiger partial charge is 0.387 e. The van der Waals surface area contributed by atoms with E-state index in [4.69, 9.17) is 9.84 Å². The molecule has 6 nitrogen and oxygen atoms in total. The summed E-state index contributed by atoms with van der Waals surface area (Å²) in [5.74, 6) is -0.815. The highest BCUT2D eigenvalue weighted by molar-refractivity contribution is 5.69. The van der Waals surface area contributed by atoms with E-state index in [9.17, 15) is 18.8 Å². The Hall–Kier alpha value is -2.40. The maximum Gasteiger partial charge on any atom is 0.387 e. The molecule has 26 heavy (non-hydrogen) atoms. The number of halogens is 2. The molecule has 2 rings (SSSR count). The highest BCUT2D eigenvalue weighted by Crippen LogP contribution is 2.40. The number of nitriles is 1. The first kappa shape index (κ1) is 19.9. The number of alkyl halides is 2. The standard InChI is InChI=1S/C18H22F2N2O4/c1-12(2)25-15-9-13(3-4-14(15)26-17(19)20)18(11-21)5-7-22(8-6-18)10-16(23)24/h3-4,9,12,17H,5-8,10H2,1-2H3,(H,23,24). The molecule has 1 aromatic carbocycles. The Morgan fingerprint density at radius 3 is 2.46 bits per heavy atom. The molecule has 1 aliphatic heterocycles. The van der Waals surface area contributed by atoms with Crippen LogP contribution in [-0.4, -0.2) is 48.3 Å². The van der Waals surface area contributed by atoms with Gasteiger partial charge in [0.25, 0.3) is 0 Å². The molecule has 0 aromatic heterocycles. The van der Waals surface area contributed by atoms with E-state index in [-0.39, 0.29) is 24.1 Å². The number of aliphatic carboxylic acids is 1. The second-order valence-corrected chi connectivity index (χ2v) is 6.57. The Bertz CT molecular complexity index is 680. The van der Waals surface area contributed by atoms with Crippen molar-refractivity contribution in [2.24, 2.45) is 0 Å². The Balaban J connectivity index is 2.28. The van der Waals surface area contributed by atoms with Gasteiger partial charge in [-0.1, -0.05) is 6.07 Å². The summed E-state index contributed by atoms with van der Waals surface area (Å²) in [7, 11) is 0. The molecule has 1 saturated heterocycles. The lowest BCUT2D eigenvalue weighted by Gasteiger charge is -2.37. The quantitative estimate of drug-likeness (QED) is 0.797. The van der Waals surface area contributed by atoms with Crippen LogP contribution in [0, 0.1) is 11.3 Å². The normalized spacial score (nSPS) is 17.1. The summed E-state index contributed by atoms with van der Waals surface area (Å²) in [6, 6.07) is 6.90. The molecular weight excluding hydrogens is 346 g/mol. The summed E-state index contributed by atoms with van der Waals surface area (Å²) in [5.41, 5.74) is -0.153. The minimum atomic E-state index is -2.97. The van der Waals surface area contributed by atoms with Crippen molar-refractivity contribution in [1.82, 2.24) is 4.90 Å². The minimum absolute atomic E-state index is 0.0651. The maximum absolute atomic E-state index is 12.6. The van der Waals surface area contributed by atoms with Gasteiger partial charge in [-0.2, -0.15) is 14.0 Å². The molecule has 8 heteroatoms. The third-order valence-corrected chi connectivity index (χ3v) is 4.36. The van der Waals surface area contributed by atoms with Crippen LogP contribution in [0.25, 0.3) is 0 Å². The topological polar surface area (TPSA) is 82.8 Å². The number of ether oxygens (including phenoxy) is 2. The van der Waals surface area contributed by atoms with E-state index in [1.807, 2.05) is 0 Å². The van der Waals surface area contributed by atoms with Crippen molar-refractivity contribution >= 4 is 5.97 Å². The van der Waals surface area contributed by atoms with Gasteiger partial charge < -0.3 is 14.6 Å². The third kappa shape index (κ3) is 4.82. The van der Waals surface area contributed by atoms with Gasteiger partial charge in [0.2, 0.25) is 0 Å². The van der Waals surface area contributed by atoms with E-state index >= 15 is 0 Å². The van der Waals surface area contributed by atoms with Gasteiger partial charge in [-0.05, 0) is 44.4 Å². The second-order valence-electron chi connectivity index (χ2n) is 6.57. The predicted octanol–water partition coefficient (Wildman–Crippen LogP) is 3.02. The minimum Gasteiger partial charge on any atom is -0.487 e. The lowest BCUT2D eigenvalue weighted by molar-refractivity contribution is -0.138. The van der Waals surface area contributed by atoms with Crippen molar-refractivity contribution in [3.63, 3.8) is 0 Å². The Morgan fingerprint density at radius 1 is 1.31 bits per heavy atom. The zero-order valence-corrected chi connectivity index (χ0v) is 14.7. The molecule has 1 heterocycles. The van der Waals surface area contributed by atoms with Gasteiger partial charge in [-0.25, -0.2) is 0 Å². The largest absolute Gasteiger partial charge is 0.487 e. The number of carboxylic acid groups (broad SMARTS) is 1. The Labute approximate surface area is 150 Å². The summed E-state index contributed by atoms with van der Waals surface area (Å²) in [5, 5.41) is 18.7. The Morgan fingerprint density at radius 2 is 1.96 bits per heavy atom. The number of carbonyl (C=O) groups is 1. The number of carboxylic acids is 1. The van der Waals surface area contributed by atoms with Crippen LogP contribution in [0.5, 0.6) is 11.5 Å². The van der Waals surface area contributed by atoms with Crippen molar-refractivity contribution in [2.45, 2.75) is 44.8 Å². The van der Waals surface area contributed by atoms with Gasteiger partial charge in [-0.15, -0.1) is 0 Å². The third-order valence-electron chi connectivity index (χ3n) is 4.36. The highest BCUT2D eigenvalue weighted by Gasteiger charge is 2.37. The molecular formula is C18H22F2N2O4. The van der Waals surface area contributed by atoms with Gasteiger partial charge in [0.05, 0.1) is 24.1 Å². The Kier molecular flexibility index (Phi) is 6.37. The van der Waals surface area contributed by atoms with Crippen LogP contribution in [0.1, 0.15) is 32.3 Å². The summed E-state index contributed by atoms with van der Waals surface area (Å²) in [6.07, 6.45) is 0.653. The molecule has 142 valence electrons. The molecule has 0 aliphatic carbocycles. The first-order chi connectivity index (χ1) is 12.3. The fourth-order valence-electron chi connectivity index (χ4n) is 3.09. The van der Waals surface area contributed by atoms with Crippen LogP contribution in [0.3, 0.4) is 0 Å². The average Bonchev–Trinajstić information content (AvgIpc) is 2.56. The SMILES string of the molecule is CC(C)Oc1cc(C2(C#N)CCN(CC(=O)O)CC2)ccc1OC(F)F. The maximum atomic E-state index is 12.6. The molecule has 0 unspecified atom stereocenters. The van der Waals surface area contributed by atoms with Crippen molar-refractivity contribution in [1.29, 1.82) is 5.26 Å². The lowest BCUT2D eigenvalue weighted by Crippen LogP contribution is -2.43. The van der Waals surface area contributed by atoms with E-state index < -0.39 is 18.0 Å². The zero-order valence-electron chi connectivity index (χ0n) is 14.7. The van der Waals surface area contributed by atoms with Crippen LogP contribution in [0.2, 0.25) is 0 Å². The summed E-state index contributed by atoms with van der Waals surface area (Å²) in [6.45, 7) is 1.43. The summed E-state index contributed by atoms with van der Waals surface area (Å²) >= 11 is 0. The first-order valence-corrected chi connectivity index (χ1v) is 8.37. The number of nitrogens with zero attached hydrogens (tertiary/aromatic N) is 2. The van der Waals surface area contributed by atoms with Gasteiger partial charge >= 0.3 is 12.6 Å². The fraction of sp³-hybridized carbons (Fsp3) is 0.556. The van der Waals surface area contributed by atoms with Crippen molar-refractivity contribution < 1.29 is 28.2 Å². The van der Waals surface area contributed by atoms with Crippen LogP contribution in [0.15, 0.2) is 18.2 Å². The van der Waals surface area contributed by atoms with E-state index in [1.165, 1.54) is 6.07 Å². The summed E-state index contributed by atoms with van der Waals surface area (Å²) < 4.78 is 35.3. The predicted molar refractivity (Wildman–Crippen MR) is 89.4 cm³/mol. The molecule has 0 saturated carbocycles. The van der Waals surface area contributed by atoms with Gasteiger partial charge in [-0.3, -0.25) is 9.69 Å². The van der Waals surface area contributed by atoms with Crippen LogP contribution in [-0.2, 0) is 10.2 Å². The van der Waals surface area contributed by atoms with E-state index in [2.05, 4.69) is 10.8 Å². The molecule has 1 N–H and O–H groups in total. The molecule has 0 amide bonds.